The fourth-order valence-electron chi connectivity index (χ4n) is 2.35. The number of hydrogen-bond donors (Lipinski definition) is 2. The number of nitrogens with one attached hydrogen (secondary N) is 2. The highest BCUT2D eigenvalue weighted by Gasteiger charge is 2.17. The average Bonchev–Trinajstić information content (AvgIpc) is 2.60. The molecule has 0 spiro atoms. The molecule has 0 aliphatic rings. The molecule has 0 heterocycles. The van der Waals surface area contributed by atoms with Gasteiger partial charge >= 0.3 is 0 Å². The van der Waals surface area contributed by atoms with Gasteiger partial charge in [-0.1, -0.05) is 63.2 Å². The molecule has 0 fully saturated rings. The Bertz CT molecular complexity index is 734. The smallest absolute Gasteiger partial charge is 0.279 e. The molecule has 0 radical (unpaired) electrons. The molecule has 0 aromatic heterocycles. The van der Waals surface area contributed by atoms with Gasteiger partial charge in [0.05, 0.1) is 6.42 Å². The Morgan fingerprint density at radius 3 is 2.15 bits per heavy atom. The van der Waals surface area contributed by atoms with Crippen molar-refractivity contribution in [3.8, 4) is 5.75 Å². The highest BCUT2D eigenvalue weighted by molar-refractivity contribution is 5.85. The lowest BCUT2D eigenvalue weighted by molar-refractivity contribution is -0.132. The summed E-state index contributed by atoms with van der Waals surface area (Å²) in [6, 6.07) is 17.0. The fraction of sp³-hybridized carbons (Fsp3) is 0.333. The van der Waals surface area contributed by atoms with Gasteiger partial charge in [0.15, 0.2) is 6.10 Å². The first-order valence-corrected chi connectivity index (χ1v) is 8.65. The summed E-state index contributed by atoms with van der Waals surface area (Å²) in [4.78, 5) is 23.9. The fourth-order valence-corrected chi connectivity index (χ4v) is 2.35. The first-order chi connectivity index (χ1) is 12.3. The van der Waals surface area contributed by atoms with Gasteiger partial charge in [0.2, 0.25) is 5.91 Å². The summed E-state index contributed by atoms with van der Waals surface area (Å²) in [5.41, 5.74) is 6.93. The normalized spacial score (nSPS) is 12.2. The SMILES string of the molecule is CC(Oc1ccc(C(C)(C)C)cc1)C(=O)NNC(=O)Cc1ccccc1. The van der Waals surface area contributed by atoms with Crippen molar-refractivity contribution in [2.45, 2.75) is 45.6 Å². The maximum Gasteiger partial charge on any atom is 0.279 e. The summed E-state index contributed by atoms with van der Waals surface area (Å²) < 4.78 is 5.63. The Balaban J connectivity index is 1.81. The molecule has 5 nitrogen and oxygen atoms in total. The van der Waals surface area contributed by atoms with E-state index in [1.54, 1.807) is 6.92 Å². The number of rotatable bonds is 5. The summed E-state index contributed by atoms with van der Waals surface area (Å²) in [6.45, 7) is 8.04. The predicted molar refractivity (Wildman–Crippen MR) is 102 cm³/mol. The van der Waals surface area contributed by atoms with E-state index in [0.717, 1.165) is 5.56 Å². The Morgan fingerprint density at radius 2 is 1.58 bits per heavy atom. The topological polar surface area (TPSA) is 67.4 Å². The van der Waals surface area contributed by atoms with Crippen LogP contribution in [-0.4, -0.2) is 17.9 Å². The molecule has 0 aliphatic heterocycles. The summed E-state index contributed by atoms with van der Waals surface area (Å²) >= 11 is 0. The molecule has 2 aromatic carbocycles. The molecule has 138 valence electrons. The first-order valence-electron chi connectivity index (χ1n) is 8.65. The Hall–Kier alpha value is -2.82. The molecule has 0 saturated heterocycles. The summed E-state index contributed by atoms with van der Waals surface area (Å²) in [5, 5.41) is 0. The van der Waals surface area contributed by atoms with Gasteiger partial charge in [0.25, 0.3) is 5.91 Å². The second-order valence-electron chi connectivity index (χ2n) is 7.23. The molecule has 1 atom stereocenters. The van der Waals surface area contributed by atoms with Crippen molar-refractivity contribution in [2.75, 3.05) is 0 Å². The second-order valence-corrected chi connectivity index (χ2v) is 7.23. The van der Waals surface area contributed by atoms with Gasteiger partial charge < -0.3 is 4.74 Å². The molecule has 1 unspecified atom stereocenters. The molecule has 0 aliphatic carbocycles. The molecule has 26 heavy (non-hydrogen) atoms. The monoisotopic (exact) mass is 354 g/mol. The van der Waals surface area contributed by atoms with Crippen LogP contribution in [0.5, 0.6) is 5.75 Å². The lowest BCUT2D eigenvalue weighted by atomic mass is 9.87. The van der Waals surface area contributed by atoms with Crippen LogP contribution in [0, 0.1) is 0 Å². The zero-order valence-electron chi connectivity index (χ0n) is 15.7. The van der Waals surface area contributed by atoms with Crippen molar-refractivity contribution in [2.24, 2.45) is 0 Å². The number of hydrogen-bond acceptors (Lipinski definition) is 3. The molecule has 0 saturated carbocycles. The van der Waals surface area contributed by atoms with Gasteiger partial charge in [-0.3, -0.25) is 20.4 Å². The minimum atomic E-state index is -0.729. The zero-order chi connectivity index (χ0) is 19.2. The van der Waals surface area contributed by atoms with Crippen molar-refractivity contribution in [3.63, 3.8) is 0 Å². The van der Waals surface area contributed by atoms with Crippen molar-refractivity contribution >= 4 is 11.8 Å². The second kappa shape index (κ2) is 8.52. The van der Waals surface area contributed by atoms with Gasteiger partial charge in [0, 0.05) is 0 Å². The minimum absolute atomic E-state index is 0.0601. The molecule has 0 bridgehead atoms. The van der Waals surface area contributed by atoms with Gasteiger partial charge in [-0.2, -0.15) is 0 Å². The van der Waals surface area contributed by atoms with Crippen LogP contribution in [0.3, 0.4) is 0 Å². The Kier molecular flexibility index (Phi) is 6.39. The van der Waals surface area contributed by atoms with E-state index in [2.05, 4.69) is 31.6 Å². The molecule has 2 amide bonds. The lowest BCUT2D eigenvalue weighted by Gasteiger charge is -2.20. The number of ether oxygens (including phenoxy) is 1. The van der Waals surface area contributed by atoms with Crippen LogP contribution in [0.2, 0.25) is 0 Å². The quantitative estimate of drug-likeness (QED) is 0.811. The van der Waals surface area contributed by atoms with E-state index >= 15 is 0 Å². The summed E-state index contributed by atoms with van der Waals surface area (Å²) in [5.74, 6) is -0.0890. The van der Waals surface area contributed by atoms with Crippen molar-refractivity contribution in [1.82, 2.24) is 10.9 Å². The average molecular weight is 354 g/mol. The van der Waals surface area contributed by atoms with Crippen LogP contribution < -0.4 is 15.6 Å². The number of amides is 2. The van der Waals surface area contributed by atoms with Crippen LogP contribution in [0.4, 0.5) is 0 Å². The van der Waals surface area contributed by atoms with Crippen molar-refractivity contribution in [1.29, 1.82) is 0 Å². The maximum absolute atomic E-state index is 12.1. The number of carbonyl (C=O) groups is 2. The van der Waals surface area contributed by atoms with E-state index < -0.39 is 12.0 Å². The summed E-state index contributed by atoms with van der Waals surface area (Å²) in [6.07, 6.45) is -0.530. The third kappa shape index (κ3) is 5.92. The van der Waals surface area contributed by atoms with E-state index in [1.807, 2.05) is 54.6 Å². The largest absolute Gasteiger partial charge is 0.481 e. The van der Waals surface area contributed by atoms with E-state index in [4.69, 9.17) is 4.74 Å². The highest BCUT2D eigenvalue weighted by atomic mass is 16.5. The third-order valence-electron chi connectivity index (χ3n) is 3.94. The Morgan fingerprint density at radius 1 is 0.962 bits per heavy atom. The van der Waals surface area contributed by atoms with Crippen molar-refractivity contribution < 1.29 is 14.3 Å². The van der Waals surface area contributed by atoms with Gasteiger partial charge in [-0.15, -0.1) is 0 Å². The standard InChI is InChI=1S/C21H26N2O3/c1-15(26-18-12-10-17(11-13-18)21(2,3)4)20(25)23-22-19(24)14-16-8-6-5-7-9-16/h5-13,15H,14H2,1-4H3,(H,22,24)(H,23,25). The van der Waals surface area contributed by atoms with Crippen LogP contribution in [0.1, 0.15) is 38.8 Å². The van der Waals surface area contributed by atoms with E-state index in [0.29, 0.717) is 5.75 Å². The van der Waals surface area contributed by atoms with Gasteiger partial charge in [-0.05, 0) is 35.6 Å². The van der Waals surface area contributed by atoms with Crippen LogP contribution in [0.25, 0.3) is 0 Å². The molecule has 5 heteroatoms. The van der Waals surface area contributed by atoms with E-state index in [1.165, 1.54) is 5.56 Å². The van der Waals surface area contributed by atoms with Gasteiger partial charge in [-0.25, -0.2) is 0 Å². The maximum atomic E-state index is 12.1. The van der Waals surface area contributed by atoms with E-state index in [-0.39, 0.29) is 17.7 Å². The number of hydrazine groups is 1. The van der Waals surface area contributed by atoms with Crippen LogP contribution in [0.15, 0.2) is 54.6 Å². The molecule has 2 N–H and O–H groups in total. The molecular weight excluding hydrogens is 328 g/mol. The predicted octanol–water partition coefficient (Wildman–Crippen LogP) is 3.14. The van der Waals surface area contributed by atoms with Crippen LogP contribution >= 0.6 is 0 Å². The third-order valence-corrected chi connectivity index (χ3v) is 3.94. The lowest BCUT2D eigenvalue weighted by Crippen LogP contribution is -2.47. The molecule has 2 aromatic rings. The molecule has 2 rings (SSSR count). The minimum Gasteiger partial charge on any atom is -0.481 e. The number of benzene rings is 2. The van der Waals surface area contributed by atoms with Gasteiger partial charge in [0.1, 0.15) is 5.75 Å². The van der Waals surface area contributed by atoms with E-state index in [9.17, 15) is 9.59 Å². The van der Waals surface area contributed by atoms with Crippen LogP contribution in [-0.2, 0) is 21.4 Å². The molecular formula is C21H26N2O3. The first kappa shape index (κ1) is 19.5. The number of carbonyl (C=O) groups excluding carboxylic acids is 2. The highest BCUT2D eigenvalue weighted by Crippen LogP contribution is 2.24. The van der Waals surface area contributed by atoms with Crippen molar-refractivity contribution in [3.05, 3.63) is 65.7 Å². The zero-order valence-corrected chi connectivity index (χ0v) is 15.7. The summed E-state index contributed by atoms with van der Waals surface area (Å²) in [7, 11) is 0. The Labute approximate surface area is 154 Å².